The molecule has 4 heteroatoms. The largest absolute Gasteiger partial charge is 0.380 e. The Bertz CT molecular complexity index is 379. The van der Waals surface area contributed by atoms with E-state index in [1.807, 2.05) is 38.1 Å². The summed E-state index contributed by atoms with van der Waals surface area (Å²) in [4.78, 5) is 11.8. The highest BCUT2D eigenvalue weighted by Gasteiger charge is 2.20. The average Bonchev–Trinajstić information content (AvgIpc) is 2.28. The zero-order valence-electron chi connectivity index (χ0n) is 10.4. The normalized spacial score (nSPS) is 12.5. The molecule has 1 aromatic rings. The molecule has 0 bridgehead atoms. The van der Waals surface area contributed by atoms with Crippen molar-refractivity contribution in [1.29, 1.82) is 0 Å². The molecule has 0 aliphatic heterocycles. The first-order chi connectivity index (χ1) is 8.06. The smallest absolute Gasteiger partial charge is 0.242 e. The van der Waals surface area contributed by atoms with E-state index in [1.165, 1.54) is 0 Å². The molecule has 3 nitrogen and oxygen atoms in total. The Morgan fingerprint density at radius 3 is 2.65 bits per heavy atom. The van der Waals surface area contributed by atoms with Gasteiger partial charge in [-0.1, -0.05) is 24.3 Å². The van der Waals surface area contributed by atoms with E-state index in [0.717, 1.165) is 11.1 Å². The number of amides is 1. The van der Waals surface area contributed by atoms with E-state index in [0.29, 0.717) is 6.61 Å². The first kappa shape index (κ1) is 14.0. The number of halogens is 1. The topological polar surface area (TPSA) is 38.3 Å². The van der Waals surface area contributed by atoms with Gasteiger partial charge in [-0.3, -0.25) is 4.79 Å². The van der Waals surface area contributed by atoms with Crippen molar-refractivity contribution in [2.24, 2.45) is 0 Å². The molecule has 94 valence electrons. The fourth-order valence-electron chi connectivity index (χ4n) is 1.57. The van der Waals surface area contributed by atoms with Crippen molar-refractivity contribution in [3.05, 3.63) is 35.4 Å². The highest BCUT2D eigenvalue weighted by molar-refractivity contribution is 6.30. The van der Waals surface area contributed by atoms with Gasteiger partial charge in [0.1, 0.15) is 5.38 Å². The number of ether oxygens (including phenoxy) is 1. The second kappa shape index (κ2) is 6.62. The van der Waals surface area contributed by atoms with E-state index in [1.54, 1.807) is 7.11 Å². The molecule has 0 fully saturated rings. The van der Waals surface area contributed by atoms with Crippen LogP contribution in [0.4, 0.5) is 0 Å². The van der Waals surface area contributed by atoms with Crippen molar-refractivity contribution in [1.82, 2.24) is 5.32 Å². The van der Waals surface area contributed by atoms with Crippen LogP contribution in [0.5, 0.6) is 0 Å². The molecule has 0 aromatic heterocycles. The number of hydrogen-bond donors (Lipinski definition) is 1. The first-order valence-electron chi connectivity index (χ1n) is 5.57. The van der Waals surface area contributed by atoms with E-state index in [2.05, 4.69) is 5.32 Å². The monoisotopic (exact) mass is 255 g/mol. The summed E-state index contributed by atoms with van der Waals surface area (Å²) in [5.74, 6) is -0.176. The number of carbonyl (C=O) groups excluding carboxylic acids is 1. The van der Waals surface area contributed by atoms with Crippen molar-refractivity contribution < 1.29 is 9.53 Å². The maximum atomic E-state index is 11.8. The Balaban J connectivity index is 2.87. The van der Waals surface area contributed by atoms with E-state index in [-0.39, 0.29) is 11.9 Å². The Morgan fingerprint density at radius 2 is 2.06 bits per heavy atom. The molecule has 0 aliphatic carbocycles. The molecule has 1 aromatic carbocycles. The van der Waals surface area contributed by atoms with E-state index < -0.39 is 5.38 Å². The lowest BCUT2D eigenvalue weighted by molar-refractivity contribution is -0.121. The van der Waals surface area contributed by atoms with Crippen LogP contribution in [0.25, 0.3) is 0 Å². The van der Waals surface area contributed by atoms with Gasteiger partial charge in [-0.05, 0) is 25.0 Å². The Kier molecular flexibility index (Phi) is 5.45. The van der Waals surface area contributed by atoms with Crippen molar-refractivity contribution >= 4 is 17.5 Å². The number of carbonyl (C=O) groups is 1. The lowest BCUT2D eigenvalue weighted by Gasteiger charge is -2.16. The number of benzene rings is 1. The number of methoxy groups -OCH3 is 1. The number of alkyl halides is 1. The zero-order valence-corrected chi connectivity index (χ0v) is 11.1. The Hall–Kier alpha value is -1.06. The molecule has 17 heavy (non-hydrogen) atoms. The van der Waals surface area contributed by atoms with Crippen molar-refractivity contribution in [3.63, 3.8) is 0 Å². The molecule has 0 saturated heterocycles. The Morgan fingerprint density at radius 1 is 1.41 bits per heavy atom. The van der Waals surface area contributed by atoms with Gasteiger partial charge in [-0.15, -0.1) is 11.6 Å². The van der Waals surface area contributed by atoms with Gasteiger partial charge in [-0.25, -0.2) is 0 Å². The molecule has 1 rings (SSSR count). The van der Waals surface area contributed by atoms with Gasteiger partial charge in [0, 0.05) is 13.2 Å². The molecule has 1 amide bonds. The third kappa shape index (κ3) is 4.02. The third-order valence-electron chi connectivity index (χ3n) is 2.29. The van der Waals surface area contributed by atoms with Gasteiger partial charge >= 0.3 is 0 Å². The van der Waals surface area contributed by atoms with E-state index in [9.17, 15) is 4.79 Å². The zero-order chi connectivity index (χ0) is 12.8. The quantitative estimate of drug-likeness (QED) is 0.822. The van der Waals surface area contributed by atoms with Gasteiger partial charge in [0.05, 0.1) is 6.61 Å². The van der Waals surface area contributed by atoms with Crippen LogP contribution in [0, 0.1) is 0 Å². The van der Waals surface area contributed by atoms with Crippen LogP contribution in [0.2, 0.25) is 0 Å². The third-order valence-corrected chi connectivity index (χ3v) is 2.72. The fraction of sp³-hybridized carbons (Fsp3) is 0.462. The SMILES string of the molecule is COCc1ccccc1C(Cl)C(=O)NC(C)C. The van der Waals surface area contributed by atoms with Gasteiger partial charge in [-0.2, -0.15) is 0 Å². The van der Waals surface area contributed by atoms with Crippen molar-refractivity contribution in [2.75, 3.05) is 7.11 Å². The summed E-state index contributed by atoms with van der Waals surface area (Å²) in [5.41, 5.74) is 1.74. The van der Waals surface area contributed by atoms with Crippen LogP contribution in [0.15, 0.2) is 24.3 Å². The summed E-state index contributed by atoms with van der Waals surface area (Å²) in [6.07, 6.45) is 0. The van der Waals surface area contributed by atoms with Crippen LogP contribution in [0.3, 0.4) is 0 Å². The summed E-state index contributed by atoms with van der Waals surface area (Å²) < 4.78 is 5.09. The number of rotatable bonds is 5. The molecule has 0 saturated carbocycles. The van der Waals surface area contributed by atoms with Crippen LogP contribution < -0.4 is 5.32 Å². The average molecular weight is 256 g/mol. The van der Waals surface area contributed by atoms with Crippen LogP contribution in [-0.2, 0) is 16.1 Å². The molecule has 0 aliphatic rings. The maximum absolute atomic E-state index is 11.8. The summed E-state index contributed by atoms with van der Waals surface area (Å²) in [5, 5.41) is 2.12. The minimum atomic E-state index is -0.677. The molecule has 0 heterocycles. The molecule has 1 atom stereocenters. The predicted molar refractivity (Wildman–Crippen MR) is 69.0 cm³/mol. The molecular weight excluding hydrogens is 238 g/mol. The molecule has 1 unspecified atom stereocenters. The highest BCUT2D eigenvalue weighted by atomic mass is 35.5. The summed E-state index contributed by atoms with van der Waals surface area (Å²) >= 11 is 6.17. The number of nitrogens with one attached hydrogen (secondary N) is 1. The molecule has 1 N–H and O–H groups in total. The highest BCUT2D eigenvalue weighted by Crippen LogP contribution is 2.24. The van der Waals surface area contributed by atoms with Gasteiger partial charge in [0.15, 0.2) is 0 Å². The van der Waals surface area contributed by atoms with Crippen molar-refractivity contribution in [3.8, 4) is 0 Å². The summed E-state index contributed by atoms with van der Waals surface area (Å²) in [7, 11) is 1.62. The molecule has 0 spiro atoms. The summed E-state index contributed by atoms with van der Waals surface area (Å²) in [6.45, 7) is 4.26. The van der Waals surface area contributed by atoms with E-state index in [4.69, 9.17) is 16.3 Å². The minimum absolute atomic E-state index is 0.0818. The minimum Gasteiger partial charge on any atom is -0.380 e. The second-order valence-corrected chi connectivity index (χ2v) is 4.59. The lowest BCUT2D eigenvalue weighted by atomic mass is 10.0. The first-order valence-corrected chi connectivity index (χ1v) is 6.01. The predicted octanol–water partition coefficient (Wildman–Crippen LogP) is 2.64. The fourth-order valence-corrected chi connectivity index (χ4v) is 1.84. The lowest BCUT2D eigenvalue weighted by Crippen LogP contribution is -2.33. The van der Waals surface area contributed by atoms with Crippen LogP contribution >= 0.6 is 11.6 Å². The van der Waals surface area contributed by atoms with Gasteiger partial charge < -0.3 is 10.1 Å². The molecular formula is C13H18ClNO2. The van der Waals surface area contributed by atoms with Crippen molar-refractivity contribution in [2.45, 2.75) is 31.9 Å². The second-order valence-electron chi connectivity index (χ2n) is 4.16. The Labute approximate surface area is 107 Å². The molecule has 0 radical (unpaired) electrons. The van der Waals surface area contributed by atoms with E-state index >= 15 is 0 Å². The summed E-state index contributed by atoms with van der Waals surface area (Å²) in [6, 6.07) is 7.62. The number of hydrogen-bond acceptors (Lipinski definition) is 2. The van der Waals surface area contributed by atoms with Gasteiger partial charge in [0.2, 0.25) is 5.91 Å². The standard InChI is InChI=1S/C13H18ClNO2/c1-9(2)15-13(16)12(14)11-7-5-4-6-10(11)8-17-3/h4-7,9,12H,8H2,1-3H3,(H,15,16). The van der Waals surface area contributed by atoms with Crippen LogP contribution in [0.1, 0.15) is 30.4 Å². The van der Waals surface area contributed by atoms with Crippen LogP contribution in [-0.4, -0.2) is 19.1 Å². The van der Waals surface area contributed by atoms with Gasteiger partial charge in [0.25, 0.3) is 0 Å². The maximum Gasteiger partial charge on any atom is 0.242 e.